The third kappa shape index (κ3) is 5.48. The quantitative estimate of drug-likeness (QED) is 0.527. The van der Waals surface area contributed by atoms with Crippen LogP contribution in [0.25, 0.3) is 0 Å². The summed E-state index contributed by atoms with van der Waals surface area (Å²) in [5, 5.41) is 25.1. The van der Waals surface area contributed by atoms with E-state index in [-0.39, 0.29) is 12.2 Å². The van der Waals surface area contributed by atoms with Crippen LogP contribution in [0.5, 0.6) is 0 Å². The van der Waals surface area contributed by atoms with Crippen LogP contribution in [0, 0.1) is 12.7 Å². The molecule has 1 aromatic heterocycles. The normalized spacial score (nSPS) is 13.2. The predicted octanol–water partition coefficient (Wildman–Crippen LogP) is 3.82. The molecule has 0 saturated carbocycles. The second kappa shape index (κ2) is 10.1. The minimum absolute atomic E-state index is 0.113. The zero-order valence-corrected chi connectivity index (χ0v) is 17.1. The number of aryl methyl sites for hydroxylation is 2. The molecule has 0 aliphatic rings. The maximum Gasteiger partial charge on any atom is 0.305 e. The van der Waals surface area contributed by atoms with E-state index < -0.39 is 18.1 Å². The van der Waals surface area contributed by atoms with Crippen LogP contribution < -0.4 is 5.32 Å². The Morgan fingerprint density at radius 1 is 1.20 bits per heavy atom. The Morgan fingerprint density at radius 3 is 2.63 bits per heavy atom. The van der Waals surface area contributed by atoms with Crippen LogP contribution in [-0.2, 0) is 11.3 Å². The molecule has 0 amide bonds. The lowest BCUT2D eigenvalue weighted by atomic mass is 9.98. The monoisotopic (exact) mass is 411 g/mol. The number of hydrogen-bond acceptors (Lipinski definition) is 5. The molecular formula is C22H26FN5O2. The first-order valence-corrected chi connectivity index (χ1v) is 10.0. The number of nitrogens with zero attached hydrogens (tertiary/aromatic N) is 4. The fourth-order valence-electron chi connectivity index (χ4n) is 3.40. The molecule has 2 atom stereocenters. The molecule has 30 heavy (non-hydrogen) atoms. The SMILES string of the molecule is CCCCn1nnnc1C(NC(CC(=O)O)c1cccc(C)c1)c1ccc(F)cc1. The molecule has 1 heterocycles. The fraction of sp³-hybridized carbons (Fsp3) is 0.364. The highest BCUT2D eigenvalue weighted by Crippen LogP contribution is 2.27. The molecule has 3 rings (SSSR count). The second-order valence-corrected chi connectivity index (χ2v) is 7.33. The molecule has 0 saturated heterocycles. The van der Waals surface area contributed by atoms with E-state index in [9.17, 15) is 14.3 Å². The van der Waals surface area contributed by atoms with Gasteiger partial charge in [0.05, 0.1) is 12.5 Å². The average Bonchev–Trinajstić information content (AvgIpc) is 3.18. The number of hydrogen-bond donors (Lipinski definition) is 2. The molecule has 8 heteroatoms. The molecule has 3 aromatic rings. The Morgan fingerprint density at radius 2 is 1.97 bits per heavy atom. The van der Waals surface area contributed by atoms with Gasteiger partial charge in [0.25, 0.3) is 0 Å². The van der Waals surface area contributed by atoms with Crippen molar-refractivity contribution in [3.63, 3.8) is 0 Å². The first-order valence-electron chi connectivity index (χ1n) is 10.0. The first kappa shape index (κ1) is 21.6. The van der Waals surface area contributed by atoms with Crippen molar-refractivity contribution >= 4 is 5.97 Å². The Balaban J connectivity index is 2.01. The van der Waals surface area contributed by atoms with Crippen molar-refractivity contribution in [2.24, 2.45) is 0 Å². The fourth-order valence-corrected chi connectivity index (χ4v) is 3.40. The van der Waals surface area contributed by atoms with Gasteiger partial charge in [-0.25, -0.2) is 9.07 Å². The number of carboxylic acid groups (broad SMARTS) is 1. The van der Waals surface area contributed by atoms with E-state index in [0.717, 1.165) is 29.5 Å². The molecule has 0 bridgehead atoms. The standard InChI is InChI=1S/C22H26FN5O2/c1-3-4-12-28-22(25-26-27-28)21(16-8-10-18(23)11-9-16)24-19(14-20(29)30)17-7-5-6-15(2)13-17/h5-11,13,19,21,24H,3-4,12,14H2,1-2H3,(H,29,30). The van der Waals surface area contributed by atoms with E-state index in [4.69, 9.17) is 0 Å². The highest BCUT2D eigenvalue weighted by molar-refractivity contribution is 5.68. The molecule has 2 N–H and O–H groups in total. The molecule has 0 aliphatic heterocycles. The third-order valence-electron chi connectivity index (χ3n) is 4.94. The maximum atomic E-state index is 13.5. The van der Waals surface area contributed by atoms with Crippen LogP contribution in [0.4, 0.5) is 4.39 Å². The van der Waals surface area contributed by atoms with Gasteiger partial charge in [0.15, 0.2) is 5.82 Å². The summed E-state index contributed by atoms with van der Waals surface area (Å²) in [6, 6.07) is 12.8. The summed E-state index contributed by atoms with van der Waals surface area (Å²) in [6.45, 7) is 4.69. The molecule has 0 spiro atoms. The van der Waals surface area contributed by atoms with Crippen molar-refractivity contribution < 1.29 is 14.3 Å². The van der Waals surface area contributed by atoms with Crippen molar-refractivity contribution in [2.45, 2.75) is 51.7 Å². The van der Waals surface area contributed by atoms with E-state index in [1.54, 1.807) is 16.8 Å². The molecule has 0 radical (unpaired) electrons. The van der Waals surface area contributed by atoms with Crippen molar-refractivity contribution in [3.8, 4) is 0 Å². The number of benzene rings is 2. The minimum atomic E-state index is -0.919. The minimum Gasteiger partial charge on any atom is -0.481 e. The number of aromatic nitrogens is 4. The van der Waals surface area contributed by atoms with Crippen molar-refractivity contribution in [1.82, 2.24) is 25.5 Å². The van der Waals surface area contributed by atoms with Crippen LogP contribution in [0.15, 0.2) is 48.5 Å². The largest absolute Gasteiger partial charge is 0.481 e. The van der Waals surface area contributed by atoms with Gasteiger partial charge < -0.3 is 5.11 Å². The Bertz CT molecular complexity index is 974. The molecule has 158 valence electrons. The second-order valence-electron chi connectivity index (χ2n) is 7.33. The zero-order valence-electron chi connectivity index (χ0n) is 17.1. The molecule has 0 aliphatic carbocycles. The van der Waals surface area contributed by atoms with Gasteiger partial charge >= 0.3 is 5.97 Å². The van der Waals surface area contributed by atoms with E-state index >= 15 is 0 Å². The number of rotatable bonds is 10. The summed E-state index contributed by atoms with van der Waals surface area (Å²) < 4.78 is 15.3. The number of carbonyl (C=O) groups is 1. The molecule has 2 unspecified atom stereocenters. The number of aliphatic carboxylic acids is 1. The highest BCUT2D eigenvalue weighted by atomic mass is 19.1. The third-order valence-corrected chi connectivity index (χ3v) is 4.94. The Kier molecular flexibility index (Phi) is 7.24. The zero-order chi connectivity index (χ0) is 21.5. The maximum absolute atomic E-state index is 13.5. The topological polar surface area (TPSA) is 92.9 Å². The lowest BCUT2D eigenvalue weighted by Gasteiger charge is -2.25. The van der Waals surface area contributed by atoms with E-state index in [0.29, 0.717) is 12.4 Å². The van der Waals surface area contributed by atoms with Gasteiger partial charge in [-0.3, -0.25) is 10.1 Å². The average molecular weight is 411 g/mol. The van der Waals surface area contributed by atoms with Crippen molar-refractivity contribution in [3.05, 3.63) is 76.9 Å². The van der Waals surface area contributed by atoms with Gasteiger partial charge in [0.2, 0.25) is 0 Å². The Labute approximate surface area is 174 Å². The summed E-state index contributed by atoms with van der Waals surface area (Å²) in [6.07, 6.45) is 1.78. The number of halogens is 1. The van der Waals surface area contributed by atoms with Crippen molar-refractivity contribution in [2.75, 3.05) is 0 Å². The van der Waals surface area contributed by atoms with Gasteiger partial charge in [-0.05, 0) is 47.0 Å². The summed E-state index contributed by atoms with van der Waals surface area (Å²) in [5.74, 6) is -0.695. The van der Waals surface area contributed by atoms with Gasteiger partial charge in [-0.1, -0.05) is 55.3 Å². The molecule has 0 fully saturated rings. The molecule has 7 nitrogen and oxygen atoms in total. The van der Waals surface area contributed by atoms with E-state index in [1.165, 1.54) is 12.1 Å². The number of unbranched alkanes of at least 4 members (excludes halogenated alkanes) is 1. The number of tetrazole rings is 1. The van der Waals surface area contributed by atoms with Crippen LogP contribution in [-0.4, -0.2) is 31.3 Å². The summed E-state index contributed by atoms with van der Waals surface area (Å²) >= 11 is 0. The number of nitrogens with one attached hydrogen (secondary N) is 1. The lowest BCUT2D eigenvalue weighted by Crippen LogP contribution is -2.31. The van der Waals surface area contributed by atoms with E-state index in [2.05, 4.69) is 27.8 Å². The molecule has 2 aromatic carbocycles. The van der Waals surface area contributed by atoms with Crippen LogP contribution in [0.2, 0.25) is 0 Å². The summed E-state index contributed by atoms with van der Waals surface area (Å²) in [5.41, 5.74) is 2.65. The lowest BCUT2D eigenvalue weighted by molar-refractivity contribution is -0.137. The van der Waals surface area contributed by atoms with Crippen LogP contribution in [0.3, 0.4) is 0 Å². The predicted molar refractivity (Wildman–Crippen MR) is 110 cm³/mol. The Hall–Kier alpha value is -3.13. The van der Waals surface area contributed by atoms with Crippen LogP contribution >= 0.6 is 0 Å². The summed E-state index contributed by atoms with van der Waals surface area (Å²) in [7, 11) is 0. The van der Waals surface area contributed by atoms with Gasteiger partial charge in [-0.2, -0.15) is 0 Å². The number of carboxylic acids is 1. The highest BCUT2D eigenvalue weighted by Gasteiger charge is 2.26. The van der Waals surface area contributed by atoms with Gasteiger partial charge in [-0.15, -0.1) is 5.10 Å². The van der Waals surface area contributed by atoms with Crippen LogP contribution in [0.1, 0.15) is 60.8 Å². The summed E-state index contributed by atoms with van der Waals surface area (Å²) in [4.78, 5) is 11.6. The van der Waals surface area contributed by atoms with Gasteiger partial charge in [0.1, 0.15) is 5.82 Å². The molecular weight excluding hydrogens is 385 g/mol. The van der Waals surface area contributed by atoms with E-state index in [1.807, 2.05) is 31.2 Å². The smallest absolute Gasteiger partial charge is 0.305 e. The van der Waals surface area contributed by atoms with Crippen molar-refractivity contribution in [1.29, 1.82) is 0 Å². The van der Waals surface area contributed by atoms with Gasteiger partial charge in [0, 0.05) is 12.6 Å². The first-order chi connectivity index (χ1) is 14.5.